The number of benzene rings is 2. The normalized spacial score (nSPS) is 14.3. The molecule has 0 spiro atoms. The van der Waals surface area contributed by atoms with Crippen LogP contribution in [-0.4, -0.2) is 34.9 Å². The van der Waals surface area contributed by atoms with Crippen molar-refractivity contribution >= 4 is 34.1 Å². The van der Waals surface area contributed by atoms with Gasteiger partial charge in [-0.25, -0.2) is 14.2 Å². The molecule has 6 nitrogen and oxygen atoms in total. The van der Waals surface area contributed by atoms with Gasteiger partial charge in [0.1, 0.15) is 5.82 Å². The largest absolute Gasteiger partial charge is 0.324 e. The second-order valence-electron chi connectivity index (χ2n) is 7.48. The van der Waals surface area contributed by atoms with Crippen molar-refractivity contribution in [1.29, 1.82) is 0 Å². The first-order chi connectivity index (χ1) is 15.1. The van der Waals surface area contributed by atoms with Crippen LogP contribution in [0.4, 0.5) is 20.0 Å². The summed E-state index contributed by atoms with van der Waals surface area (Å²) in [5, 5.41) is 6.34. The standard InChI is InChI=1S/C23H23FN4O2S/c24-18-8-6-16(7-9-18)14-20-15-25-22(31-20)27-21(29)17-10-12-28(13-11-17)23(30)26-19-4-2-1-3-5-19/h1-9,15,17H,10-14H2,(H,26,30)(H,25,27,29). The maximum Gasteiger partial charge on any atom is 0.321 e. The zero-order chi connectivity index (χ0) is 21.6. The molecule has 0 radical (unpaired) electrons. The van der Waals surface area contributed by atoms with Gasteiger partial charge >= 0.3 is 6.03 Å². The van der Waals surface area contributed by atoms with Crippen LogP contribution in [-0.2, 0) is 11.2 Å². The van der Waals surface area contributed by atoms with Crippen LogP contribution in [0.5, 0.6) is 0 Å². The Hall–Kier alpha value is -3.26. The summed E-state index contributed by atoms with van der Waals surface area (Å²) in [5.74, 6) is -0.472. The highest BCUT2D eigenvalue weighted by Crippen LogP contribution is 2.24. The molecule has 3 amide bonds. The van der Waals surface area contributed by atoms with Crippen LogP contribution in [0.2, 0.25) is 0 Å². The van der Waals surface area contributed by atoms with E-state index in [9.17, 15) is 14.0 Å². The first kappa shape index (κ1) is 21.0. The molecule has 1 aromatic heterocycles. The van der Waals surface area contributed by atoms with Gasteiger partial charge in [0.2, 0.25) is 5.91 Å². The highest BCUT2D eigenvalue weighted by Gasteiger charge is 2.28. The van der Waals surface area contributed by atoms with Gasteiger partial charge in [0.25, 0.3) is 0 Å². The van der Waals surface area contributed by atoms with Crippen molar-refractivity contribution in [3.8, 4) is 0 Å². The number of rotatable bonds is 5. The number of halogens is 1. The summed E-state index contributed by atoms with van der Waals surface area (Å²) in [4.78, 5) is 32.1. The van der Waals surface area contributed by atoms with Gasteiger partial charge in [-0.3, -0.25) is 4.79 Å². The van der Waals surface area contributed by atoms with E-state index in [1.54, 1.807) is 23.2 Å². The number of para-hydroxylation sites is 1. The molecule has 0 bridgehead atoms. The van der Waals surface area contributed by atoms with Gasteiger partial charge in [-0.1, -0.05) is 30.3 Å². The van der Waals surface area contributed by atoms with E-state index in [0.29, 0.717) is 37.5 Å². The van der Waals surface area contributed by atoms with Crippen LogP contribution in [0.3, 0.4) is 0 Å². The Morgan fingerprint density at radius 1 is 1.03 bits per heavy atom. The fourth-order valence-electron chi connectivity index (χ4n) is 3.53. The van der Waals surface area contributed by atoms with Crippen molar-refractivity contribution in [3.63, 3.8) is 0 Å². The van der Waals surface area contributed by atoms with Gasteiger partial charge in [0.05, 0.1) is 0 Å². The van der Waals surface area contributed by atoms with Crippen molar-refractivity contribution in [3.05, 3.63) is 77.1 Å². The quantitative estimate of drug-likeness (QED) is 0.603. The Bertz CT molecular complexity index is 1030. The van der Waals surface area contributed by atoms with E-state index in [1.807, 2.05) is 30.3 Å². The number of carbonyl (C=O) groups excluding carboxylic acids is 2. The lowest BCUT2D eigenvalue weighted by Crippen LogP contribution is -2.43. The van der Waals surface area contributed by atoms with E-state index in [-0.39, 0.29) is 23.7 Å². The Morgan fingerprint density at radius 3 is 2.45 bits per heavy atom. The molecule has 0 unspecified atom stereocenters. The third kappa shape index (κ3) is 5.67. The molecule has 160 valence electrons. The van der Waals surface area contributed by atoms with Crippen LogP contribution < -0.4 is 10.6 Å². The maximum atomic E-state index is 13.0. The van der Waals surface area contributed by atoms with Crippen LogP contribution >= 0.6 is 11.3 Å². The van der Waals surface area contributed by atoms with Crippen LogP contribution in [0.15, 0.2) is 60.8 Å². The lowest BCUT2D eigenvalue weighted by molar-refractivity contribution is -0.121. The molecule has 1 aliphatic heterocycles. The average Bonchev–Trinajstić information content (AvgIpc) is 3.22. The number of anilines is 2. The van der Waals surface area contributed by atoms with Gasteiger partial charge in [-0.05, 0) is 42.7 Å². The monoisotopic (exact) mass is 438 g/mol. The van der Waals surface area contributed by atoms with Crippen molar-refractivity contribution in [2.24, 2.45) is 5.92 Å². The molecular weight excluding hydrogens is 415 g/mol. The first-order valence-corrected chi connectivity index (χ1v) is 11.0. The lowest BCUT2D eigenvalue weighted by atomic mass is 9.96. The number of aromatic nitrogens is 1. The molecule has 8 heteroatoms. The van der Waals surface area contributed by atoms with E-state index >= 15 is 0 Å². The molecule has 3 aromatic rings. The molecule has 0 aliphatic carbocycles. The Kier molecular flexibility index (Phi) is 6.57. The summed E-state index contributed by atoms with van der Waals surface area (Å²) in [6.45, 7) is 1.06. The highest BCUT2D eigenvalue weighted by molar-refractivity contribution is 7.15. The number of hydrogen-bond acceptors (Lipinski definition) is 4. The van der Waals surface area contributed by atoms with Crippen LogP contribution in [0.25, 0.3) is 0 Å². The summed E-state index contributed by atoms with van der Waals surface area (Å²) in [6, 6.07) is 15.5. The topological polar surface area (TPSA) is 74.3 Å². The third-order valence-corrected chi connectivity index (χ3v) is 6.17. The molecule has 0 saturated carbocycles. The minimum atomic E-state index is -0.260. The number of thiazole rings is 1. The molecule has 2 aromatic carbocycles. The number of likely N-dealkylation sites (tertiary alicyclic amines) is 1. The summed E-state index contributed by atoms with van der Waals surface area (Å²) >= 11 is 1.42. The molecular formula is C23H23FN4O2S. The van der Waals surface area contributed by atoms with Gasteiger partial charge in [0.15, 0.2) is 5.13 Å². The predicted molar refractivity (Wildman–Crippen MR) is 120 cm³/mol. The SMILES string of the molecule is O=C(Nc1ncc(Cc2ccc(F)cc2)s1)C1CCN(C(=O)Nc2ccccc2)CC1. The molecule has 2 heterocycles. The number of urea groups is 1. The van der Waals surface area contributed by atoms with E-state index in [2.05, 4.69) is 15.6 Å². The van der Waals surface area contributed by atoms with E-state index in [0.717, 1.165) is 16.1 Å². The van der Waals surface area contributed by atoms with Gasteiger partial charge < -0.3 is 15.5 Å². The molecule has 4 rings (SSSR count). The van der Waals surface area contributed by atoms with Crippen molar-refractivity contribution in [2.45, 2.75) is 19.3 Å². The maximum absolute atomic E-state index is 13.0. The zero-order valence-corrected chi connectivity index (χ0v) is 17.7. The van der Waals surface area contributed by atoms with Gasteiger partial charge in [-0.15, -0.1) is 11.3 Å². The number of amides is 3. The minimum absolute atomic E-state index is 0.0641. The number of nitrogens with zero attached hydrogens (tertiary/aromatic N) is 2. The summed E-state index contributed by atoms with van der Waals surface area (Å²) < 4.78 is 13.0. The summed E-state index contributed by atoms with van der Waals surface area (Å²) in [7, 11) is 0. The van der Waals surface area contributed by atoms with Gasteiger partial charge in [0, 0.05) is 42.2 Å². The van der Waals surface area contributed by atoms with Crippen molar-refractivity contribution < 1.29 is 14.0 Å². The number of piperidine rings is 1. The Labute approximate surface area is 184 Å². The smallest absolute Gasteiger partial charge is 0.321 e. The fraction of sp³-hybridized carbons (Fsp3) is 0.261. The highest BCUT2D eigenvalue weighted by atomic mass is 32.1. The molecule has 0 atom stereocenters. The average molecular weight is 439 g/mol. The minimum Gasteiger partial charge on any atom is -0.324 e. The zero-order valence-electron chi connectivity index (χ0n) is 16.9. The fourth-order valence-corrected chi connectivity index (χ4v) is 4.38. The van der Waals surface area contributed by atoms with E-state index < -0.39 is 0 Å². The molecule has 1 fully saturated rings. The van der Waals surface area contributed by atoms with Crippen LogP contribution in [0, 0.1) is 11.7 Å². The van der Waals surface area contributed by atoms with E-state index in [4.69, 9.17) is 0 Å². The second kappa shape index (κ2) is 9.70. The second-order valence-corrected chi connectivity index (χ2v) is 8.60. The number of hydrogen-bond donors (Lipinski definition) is 2. The van der Waals surface area contributed by atoms with Crippen molar-refractivity contribution in [2.75, 3.05) is 23.7 Å². The van der Waals surface area contributed by atoms with Crippen LogP contribution in [0.1, 0.15) is 23.3 Å². The van der Waals surface area contributed by atoms with Crippen molar-refractivity contribution in [1.82, 2.24) is 9.88 Å². The summed E-state index contributed by atoms with van der Waals surface area (Å²) in [6.07, 6.45) is 3.60. The molecule has 31 heavy (non-hydrogen) atoms. The predicted octanol–water partition coefficient (Wildman–Crippen LogP) is 4.76. The van der Waals surface area contributed by atoms with E-state index in [1.165, 1.54) is 23.5 Å². The first-order valence-electron chi connectivity index (χ1n) is 10.2. The molecule has 2 N–H and O–H groups in total. The Balaban J connectivity index is 1.25. The molecule has 1 saturated heterocycles. The number of carbonyl (C=O) groups is 2. The third-order valence-electron chi connectivity index (χ3n) is 5.25. The summed E-state index contributed by atoms with van der Waals surface area (Å²) in [5.41, 5.74) is 1.75. The van der Waals surface area contributed by atoms with Gasteiger partial charge in [-0.2, -0.15) is 0 Å². The molecule has 1 aliphatic rings. The lowest BCUT2D eigenvalue weighted by Gasteiger charge is -2.31. The Morgan fingerprint density at radius 2 is 1.74 bits per heavy atom. The number of nitrogens with one attached hydrogen (secondary N) is 2.